The van der Waals surface area contributed by atoms with Crippen molar-refractivity contribution in [2.75, 3.05) is 5.75 Å². The van der Waals surface area contributed by atoms with Crippen molar-refractivity contribution < 1.29 is 13.5 Å². The van der Waals surface area contributed by atoms with E-state index in [0.29, 0.717) is 5.56 Å². The second-order valence-electron chi connectivity index (χ2n) is 4.15. The highest BCUT2D eigenvalue weighted by atomic mass is 79.9. The summed E-state index contributed by atoms with van der Waals surface area (Å²) in [5, 5.41) is 10.3. The van der Waals surface area contributed by atoms with Gasteiger partial charge in [0.15, 0.2) is 13.5 Å². The maximum atomic E-state index is 11.9. The first-order valence-electron chi connectivity index (χ1n) is 5.39. The highest BCUT2D eigenvalue weighted by Gasteiger charge is 2.43. The highest BCUT2D eigenvalue weighted by molar-refractivity contribution is 9.11. The van der Waals surface area contributed by atoms with Crippen LogP contribution in [0.4, 0.5) is 0 Å². The van der Waals surface area contributed by atoms with Gasteiger partial charge in [-0.2, -0.15) is 0 Å². The molecule has 0 amide bonds. The number of alkyl halides is 1. The maximum Gasteiger partial charge on any atom is 0.168 e. The van der Waals surface area contributed by atoms with Crippen molar-refractivity contribution in [3.05, 3.63) is 35.4 Å². The summed E-state index contributed by atoms with van der Waals surface area (Å²) >= 11 is 3.16. The summed E-state index contributed by atoms with van der Waals surface area (Å²) in [7, 11) is -3.40. The van der Waals surface area contributed by atoms with Crippen molar-refractivity contribution in [2.45, 2.75) is 30.5 Å². The number of aliphatic hydroxyl groups excluding tert-OH is 1. The van der Waals surface area contributed by atoms with E-state index in [1.54, 1.807) is 19.1 Å². The molecule has 0 aliphatic rings. The summed E-state index contributed by atoms with van der Waals surface area (Å²) in [6.07, 6.45) is -1.09. The van der Waals surface area contributed by atoms with Crippen LogP contribution in [0.5, 0.6) is 0 Å². The van der Waals surface area contributed by atoms with Crippen molar-refractivity contribution in [1.29, 1.82) is 0 Å². The van der Waals surface area contributed by atoms with E-state index < -0.39 is 19.6 Å². The van der Waals surface area contributed by atoms with Crippen LogP contribution in [-0.4, -0.2) is 22.9 Å². The number of halogens is 1. The fourth-order valence-electron chi connectivity index (χ4n) is 1.62. The molecule has 0 fully saturated rings. The molecule has 96 valence electrons. The molecule has 0 bridgehead atoms. The van der Waals surface area contributed by atoms with Crippen molar-refractivity contribution in [1.82, 2.24) is 0 Å². The fraction of sp³-hybridized carbons (Fsp3) is 0.500. The quantitative estimate of drug-likeness (QED) is 0.867. The van der Waals surface area contributed by atoms with Crippen molar-refractivity contribution in [3.8, 4) is 0 Å². The topological polar surface area (TPSA) is 54.4 Å². The molecule has 0 heterocycles. The SMILES string of the molecule is CCS(=O)(=O)[C@@](C)(Br)[C@@H](O)c1ccccc1C. The van der Waals surface area contributed by atoms with Crippen LogP contribution in [0.3, 0.4) is 0 Å². The van der Waals surface area contributed by atoms with Gasteiger partial charge in [-0.3, -0.25) is 0 Å². The molecular weight excluding hydrogens is 304 g/mol. The lowest BCUT2D eigenvalue weighted by molar-refractivity contribution is 0.167. The van der Waals surface area contributed by atoms with Gasteiger partial charge >= 0.3 is 0 Å². The van der Waals surface area contributed by atoms with Crippen LogP contribution in [0.15, 0.2) is 24.3 Å². The predicted octanol–water partition coefficient (Wildman–Crippen LogP) is 2.57. The third-order valence-corrected chi connectivity index (χ3v) is 7.07. The van der Waals surface area contributed by atoms with E-state index in [1.165, 1.54) is 6.92 Å². The summed E-state index contributed by atoms with van der Waals surface area (Å²) in [5.74, 6) is -0.0162. The Labute approximate surface area is 111 Å². The molecule has 0 saturated carbocycles. The molecule has 1 N–H and O–H groups in total. The Morgan fingerprint density at radius 3 is 2.41 bits per heavy atom. The Morgan fingerprint density at radius 2 is 1.94 bits per heavy atom. The van der Waals surface area contributed by atoms with Crippen LogP contribution in [-0.2, 0) is 9.84 Å². The molecule has 0 aliphatic heterocycles. The second kappa shape index (κ2) is 5.08. The average molecular weight is 321 g/mol. The average Bonchev–Trinajstić information content (AvgIpc) is 2.28. The van der Waals surface area contributed by atoms with Gasteiger partial charge in [-0.1, -0.05) is 47.1 Å². The van der Waals surface area contributed by atoms with Gasteiger partial charge in [-0.25, -0.2) is 8.42 Å². The minimum atomic E-state index is -3.40. The Kier molecular flexibility index (Phi) is 4.38. The molecule has 0 spiro atoms. The molecule has 0 radical (unpaired) electrons. The minimum absolute atomic E-state index is 0.0162. The summed E-state index contributed by atoms with van der Waals surface area (Å²) in [5.41, 5.74) is 1.50. The van der Waals surface area contributed by atoms with Crippen molar-refractivity contribution in [3.63, 3.8) is 0 Å². The Balaban J connectivity index is 3.23. The second-order valence-corrected chi connectivity index (χ2v) is 8.98. The Morgan fingerprint density at radius 1 is 1.41 bits per heavy atom. The zero-order valence-electron chi connectivity index (χ0n) is 10.1. The molecule has 0 aromatic heterocycles. The van der Waals surface area contributed by atoms with Crippen LogP contribution < -0.4 is 0 Å². The van der Waals surface area contributed by atoms with Crippen LogP contribution in [0.25, 0.3) is 0 Å². The number of hydrogen-bond acceptors (Lipinski definition) is 3. The van der Waals surface area contributed by atoms with Crippen LogP contribution in [0.1, 0.15) is 31.1 Å². The number of aryl methyl sites for hydroxylation is 1. The zero-order valence-corrected chi connectivity index (χ0v) is 12.5. The number of hydrogen-bond donors (Lipinski definition) is 1. The summed E-state index contributed by atoms with van der Waals surface area (Å²) < 4.78 is 22.5. The lowest BCUT2D eigenvalue weighted by Crippen LogP contribution is -2.37. The monoisotopic (exact) mass is 320 g/mol. The standard InChI is InChI=1S/C12H17BrO3S/c1-4-17(15,16)12(3,13)11(14)10-8-6-5-7-9(10)2/h5-8,11,14H,4H2,1-3H3/t11-,12+/m0/s1. The molecule has 0 saturated heterocycles. The first-order valence-corrected chi connectivity index (χ1v) is 7.83. The number of rotatable bonds is 4. The van der Waals surface area contributed by atoms with Gasteiger partial charge < -0.3 is 5.11 Å². The highest BCUT2D eigenvalue weighted by Crippen LogP contribution is 2.39. The third-order valence-electron chi connectivity index (χ3n) is 2.96. The van der Waals surface area contributed by atoms with E-state index >= 15 is 0 Å². The minimum Gasteiger partial charge on any atom is -0.386 e. The van der Waals surface area contributed by atoms with Gasteiger partial charge in [0.1, 0.15) is 6.10 Å². The lowest BCUT2D eigenvalue weighted by atomic mass is 10.0. The lowest BCUT2D eigenvalue weighted by Gasteiger charge is -2.29. The van der Waals surface area contributed by atoms with E-state index in [2.05, 4.69) is 15.9 Å². The molecule has 1 aromatic carbocycles. The van der Waals surface area contributed by atoms with E-state index in [4.69, 9.17) is 0 Å². The Bertz CT molecular complexity index is 494. The zero-order chi connectivity index (χ0) is 13.3. The maximum absolute atomic E-state index is 11.9. The Hall–Kier alpha value is -0.390. The molecule has 2 atom stereocenters. The van der Waals surface area contributed by atoms with E-state index in [-0.39, 0.29) is 5.75 Å². The number of aliphatic hydroxyl groups is 1. The molecule has 5 heteroatoms. The van der Waals surface area contributed by atoms with Gasteiger partial charge in [0.25, 0.3) is 0 Å². The van der Waals surface area contributed by atoms with Crippen molar-refractivity contribution in [2.24, 2.45) is 0 Å². The van der Waals surface area contributed by atoms with Crippen molar-refractivity contribution >= 4 is 25.8 Å². The van der Waals surface area contributed by atoms with Gasteiger partial charge in [0.05, 0.1) is 0 Å². The molecule has 1 rings (SSSR count). The number of benzene rings is 1. The summed E-state index contributed by atoms with van der Waals surface area (Å²) in [4.78, 5) is 0. The fourth-order valence-corrected chi connectivity index (χ4v) is 3.59. The van der Waals surface area contributed by atoms with E-state index in [9.17, 15) is 13.5 Å². The van der Waals surface area contributed by atoms with Crippen LogP contribution in [0, 0.1) is 6.92 Å². The first kappa shape index (κ1) is 14.7. The molecular formula is C12H17BrO3S. The smallest absolute Gasteiger partial charge is 0.168 e. The molecule has 1 aromatic rings. The van der Waals surface area contributed by atoms with Crippen LogP contribution in [0.2, 0.25) is 0 Å². The number of sulfone groups is 1. The normalized spacial score (nSPS) is 17.5. The predicted molar refractivity (Wildman–Crippen MR) is 72.9 cm³/mol. The molecule has 0 unspecified atom stereocenters. The molecule has 17 heavy (non-hydrogen) atoms. The van der Waals surface area contributed by atoms with Gasteiger partial charge in [-0.15, -0.1) is 0 Å². The van der Waals surface area contributed by atoms with E-state index in [0.717, 1.165) is 5.56 Å². The van der Waals surface area contributed by atoms with Gasteiger partial charge in [-0.05, 0) is 25.0 Å². The van der Waals surface area contributed by atoms with Crippen LogP contribution >= 0.6 is 15.9 Å². The molecule has 3 nitrogen and oxygen atoms in total. The van der Waals surface area contributed by atoms with Gasteiger partial charge in [0, 0.05) is 5.75 Å². The largest absolute Gasteiger partial charge is 0.386 e. The van der Waals surface area contributed by atoms with Gasteiger partial charge in [0.2, 0.25) is 0 Å². The summed E-state index contributed by atoms with van der Waals surface area (Å²) in [6.45, 7) is 4.91. The third kappa shape index (κ3) is 2.72. The molecule has 0 aliphatic carbocycles. The van der Waals surface area contributed by atoms with E-state index in [1.807, 2.05) is 19.1 Å². The summed E-state index contributed by atoms with van der Waals surface area (Å²) in [6, 6.07) is 7.23. The first-order chi connectivity index (χ1) is 7.74.